The van der Waals surface area contributed by atoms with Crippen molar-refractivity contribution in [1.29, 1.82) is 0 Å². The van der Waals surface area contributed by atoms with Gasteiger partial charge in [0, 0.05) is 30.2 Å². The van der Waals surface area contributed by atoms with Crippen LogP contribution in [-0.2, 0) is 17.8 Å². The van der Waals surface area contributed by atoms with Crippen LogP contribution < -0.4 is 10.6 Å². The number of hydrogen-bond donors (Lipinski definition) is 2. The van der Waals surface area contributed by atoms with Crippen LogP contribution in [0.2, 0.25) is 5.02 Å². The van der Waals surface area contributed by atoms with Crippen molar-refractivity contribution < 1.29 is 9.59 Å². The van der Waals surface area contributed by atoms with E-state index < -0.39 is 0 Å². The second-order valence-electron chi connectivity index (χ2n) is 7.54. The largest absolute Gasteiger partial charge is 0.348 e. The number of anilines is 1. The minimum Gasteiger partial charge on any atom is -0.348 e. The third-order valence-corrected chi connectivity index (χ3v) is 5.28. The Morgan fingerprint density at radius 1 is 1.00 bits per heavy atom. The molecule has 0 fully saturated rings. The summed E-state index contributed by atoms with van der Waals surface area (Å²) in [4.78, 5) is 29.2. The van der Waals surface area contributed by atoms with Crippen LogP contribution in [0.1, 0.15) is 27.2 Å². The molecule has 0 aliphatic carbocycles. The summed E-state index contributed by atoms with van der Waals surface area (Å²) < 4.78 is 1.64. The fourth-order valence-corrected chi connectivity index (χ4v) is 3.39. The van der Waals surface area contributed by atoms with Gasteiger partial charge in [0.05, 0.1) is 29.0 Å². The van der Waals surface area contributed by atoms with Crippen molar-refractivity contribution >= 4 is 29.1 Å². The summed E-state index contributed by atoms with van der Waals surface area (Å²) in [6.07, 6.45) is 5.29. The number of benzene rings is 2. The zero-order valence-corrected chi connectivity index (χ0v) is 18.7. The van der Waals surface area contributed by atoms with Gasteiger partial charge in [-0.1, -0.05) is 35.9 Å². The number of nitrogens with zero attached hydrogens (tertiary/aromatic N) is 3. The number of para-hydroxylation sites is 1. The molecule has 2 N–H and O–H groups in total. The Morgan fingerprint density at radius 2 is 1.85 bits per heavy atom. The highest BCUT2D eigenvalue weighted by Gasteiger charge is 2.11. The second-order valence-corrected chi connectivity index (χ2v) is 7.95. The third kappa shape index (κ3) is 5.84. The van der Waals surface area contributed by atoms with Gasteiger partial charge < -0.3 is 10.6 Å². The van der Waals surface area contributed by atoms with Gasteiger partial charge in [-0.15, -0.1) is 0 Å². The predicted molar refractivity (Wildman–Crippen MR) is 127 cm³/mol. The Bertz CT molecular complexity index is 1280. The Labute approximate surface area is 196 Å². The molecular formula is C25H22ClN5O2. The van der Waals surface area contributed by atoms with Crippen molar-refractivity contribution in [3.8, 4) is 5.69 Å². The van der Waals surface area contributed by atoms with Gasteiger partial charge in [-0.05, 0) is 54.4 Å². The molecule has 4 rings (SSSR count). The number of nitrogens with one attached hydrogen (secondary N) is 2. The van der Waals surface area contributed by atoms with Crippen molar-refractivity contribution in [1.82, 2.24) is 20.1 Å². The van der Waals surface area contributed by atoms with Gasteiger partial charge in [0.1, 0.15) is 0 Å². The molecule has 33 heavy (non-hydrogen) atoms. The Kier molecular flexibility index (Phi) is 6.80. The van der Waals surface area contributed by atoms with Gasteiger partial charge >= 0.3 is 0 Å². The topological polar surface area (TPSA) is 88.9 Å². The highest BCUT2D eigenvalue weighted by Crippen LogP contribution is 2.20. The number of pyridine rings is 1. The molecule has 0 atom stereocenters. The first-order chi connectivity index (χ1) is 16.0. The minimum atomic E-state index is -0.193. The number of rotatable bonds is 7. The molecule has 0 saturated heterocycles. The molecular weight excluding hydrogens is 438 g/mol. The summed E-state index contributed by atoms with van der Waals surface area (Å²) in [7, 11) is 0. The van der Waals surface area contributed by atoms with Crippen molar-refractivity contribution in [3.63, 3.8) is 0 Å². The molecule has 2 heterocycles. The van der Waals surface area contributed by atoms with Gasteiger partial charge in [0.2, 0.25) is 5.91 Å². The number of carbonyl (C=O) groups is 2. The lowest BCUT2D eigenvalue weighted by atomic mass is 10.1. The Morgan fingerprint density at radius 3 is 2.64 bits per heavy atom. The standard InChI is InChI=1S/C25H22ClN5O2/c1-17-9-10-18(13-27-17)14-28-25(33)20-5-4-6-21(12-20)31-16-19(15-29-31)11-24(32)30-23-8-3-2-7-22(23)26/h2-10,12-13,15-16H,11,14H2,1H3,(H,28,33)(H,30,32). The van der Waals surface area contributed by atoms with Crippen LogP contribution in [0.5, 0.6) is 0 Å². The van der Waals surface area contributed by atoms with E-state index in [2.05, 4.69) is 20.7 Å². The minimum absolute atomic E-state index is 0.149. The maximum Gasteiger partial charge on any atom is 0.251 e. The molecule has 2 aromatic heterocycles. The number of aryl methyl sites for hydroxylation is 1. The van der Waals surface area contributed by atoms with Crippen LogP contribution in [0, 0.1) is 6.92 Å². The average molecular weight is 460 g/mol. The van der Waals surface area contributed by atoms with E-state index in [9.17, 15) is 9.59 Å². The molecule has 7 nitrogen and oxygen atoms in total. The maximum atomic E-state index is 12.6. The molecule has 0 bridgehead atoms. The van der Waals surface area contributed by atoms with E-state index >= 15 is 0 Å². The normalized spacial score (nSPS) is 10.6. The maximum absolute atomic E-state index is 12.6. The lowest BCUT2D eigenvalue weighted by Gasteiger charge is -2.08. The lowest BCUT2D eigenvalue weighted by molar-refractivity contribution is -0.115. The van der Waals surface area contributed by atoms with Crippen LogP contribution in [-0.4, -0.2) is 26.6 Å². The quantitative estimate of drug-likeness (QED) is 0.430. The number of amides is 2. The smallest absolute Gasteiger partial charge is 0.251 e. The molecule has 0 aliphatic heterocycles. The van der Waals surface area contributed by atoms with Crippen molar-refractivity contribution in [2.75, 3.05) is 5.32 Å². The summed E-state index contributed by atoms with van der Waals surface area (Å²) >= 11 is 6.09. The molecule has 166 valence electrons. The highest BCUT2D eigenvalue weighted by atomic mass is 35.5. The fraction of sp³-hybridized carbons (Fsp3) is 0.120. The van der Waals surface area contributed by atoms with Gasteiger partial charge in [0.25, 0.3) is 5.91 Å². The van der Waals surface area contributed by atoms with E-state index in [0.29, 0.717) is 22.8 Å². The zero-order valence-electron chi connectivity index (χ0n) is 18.0. The zero-order chi connectivity index (χ0) is 23.2. The molecule has 4 aromatic rings. The van der Waals surface area contributed by atoms with Crippen molar-refractivity contribution in [2.24, 2.45) is 0 Å². The van der Waals surface area contributed by atoms with Crippen LogP contribution in [0.3, 0.4) is 0 Å². The third-order valence-electron chi connectivity index (χ3n) is 4.95. The van der Waals surface area contributed by atoms with E-state index in [1.54, 1.807) is 65.7 Å². The van der Waals surface area contributed by atoms with Gasteiger partial charge in [-0.2, -0.15) is 5.10 Å². The number of halogens is 1. The van der Waals surface area contributed by atoms with Gasteiger partial charge in [-0.25, -0.2) is 4.68 Å². The molecule has 0 aliphatic rings. The SMILES string of the molecule is Cc1ccc(CNC(=O)c2cccc(-n3cc(CC(=O)Nc4ccccc4Cl)cn3)c2)cn1. The van der Waals surface area contributed by atoms with E-state index in [0.717, 1.165) is 22.5 Å². The summed E-state index contributed by atoms with van der Waals surface area (Å²) in [5.74, 6) is -0.384. The van der Waals surface area contributed by atoms with E-state index in [1.807, 2.05) is 25.1 Å². The van der Waals surface area contributed by atoms with E-state index in [4.69, 9.17) is 11.6 Å². The van der Waals surface area contributed by atoms with Gasteiger partial charge in [0.15, 0.2) is 0 Å². The Hall–Kier alpha value is -3.97. The number of aromatic nitrogens is 3. The van der Waals surface area contributed by atoms with Crippen LogP contribution >= 0.6 is 11.6 Å². The summed E-state index contributed by atoms with van der Waals surface area (Å²) in [6, 6.07) is 18.1. The second kappa shape index (κ2) is 10.1. The highest BCUT2D eigenvalue weighted by molar-refractivity contribution is 6.33. The van der Waals surface area contributed by atoms with Crippen LogP contribution in [0.25, 0.3) is 5.69 Å². The van der Waals surface area contributed by atoms with Crippen molar-refractivity contribution in [3.05, 3.63) is 107 Å². The molecule has 2 amide bonds. The molecule has 0 radical (unpaired) electrons. The lowest BCUT2D eigenvalue weighted by Crippen LogP contribution is -2.23. The number of hydrogen-bond acceptors (Lipinski definition) is 4. The average Bonchev–Trinajstić information content (AvgIpc) is 3.28. The summed E-state index contributed by atoms with van der Waals surface area (Å²) in [5, 5.41) is 10.5. The molecule has 0 saturated carbocycles. The molecule has 8 heteroatoms. The van der Waals surface area contributed by atoms with Crippen molar-refractivity contribution in [2.45, 2.75) is 19.9 Å². The van der Waals surface area contributed by atoms with E-state index in [1.165, 1.54) is 0 Å². The summed E-state index contributed by atoms with van der Waals surface area (Å²) in [6.45, 7) is 2.31. The Balaban J connectivity index is 1.39. The number of carbonyl (C=O) groups excluding carboxylic acids is 2. The first-order valence-electron chi connectivity index (χ1n) is 10.4. The first kappa shape index (κ1) is 22.2. The predicted octanol–water partition coefficient (Wildman–Crippen LogP) is 4.34. The molecule has 0 unspecified atom stereocenters. The first-order valence-corrected chi connectivity index (χ1v) is 10.7. The molecule has 2 aromatic carbocycles. The molecule has 0 spiro atoms. The monoisotopic (exact) mass is 459 g/mol. The van der Waals surface area contributed by atoms with Crippen LogP contribution in [0.15, 0.2) is 79.3 Å². The van der Waals surface area contributed by atoms with Crippen LogP contribution in [0.4, 0.5) is 5.69 Å². The summed E-state index contributed by atoms with van der Waals surface area (Å²) in [5.41, 5.74) is 4.39. The van der Waals surface area contributed by atoms with Gasteiger partial charge in [-0.3, -0.25) is 14.6 Å². The fourth-order valence-electron chi connectivity index (χ4n) is 3.21. The van der Waals surface area contributed by atoms with E-state index in [-0.39, 0.29) is 18.2 Å².